The first-order valence-electron chi connectivity index (χ1n) is 24.1. The second-order valence-corrected chi connectivity index (χ2v) is 7.29. The van der Waals surface area contributed by atoms with Crippen LogP contribution in [-0.4, -0.2) is 917 Å². The number of nitro benzene ring substituents is 1. The van der Waals surface area contributed by atoms with E-state index >= 15 is 0 Å². The maximum absolute atomic E-state index is 13.9. The van der Waals surface area contributed by atoms with Gasteiger partial charge in [-0.25, -0.2) is 14.8 Å². The number of hydrogen-bond acceptors (Lipinski definition) is 7. The van der Waals surface area contributed by atoms with Crippen LogP contribution in [0.3, 0.4) is 0 Å². The van der Waals surface area contributed by atoms with Gasteiger partial charge < -0.3 is 16.0 Å². The van der Waals surface area contributed by atoms with Crippen molar-refractivity contribution in [2.45, 2.75) is 20.4 Å². The van der Waals surface area contributed by atoms with Crippen LogP contribution in [0.4, 0.5) is 21.7 Å². The monoisotopic (exact) mass is 1580 g/mol. The number of fused-ring (bicyclic) bond motifs is 1. The molecule has 39 heteroatoms. The summed E-state index contributed by atoms with van der Waals surface area (Å²) >= 11 is 35.0. The molecule has 2 aromatic heterocycles. The molecule has 62 heavy (non-hydrogen) atoms. The molecule has 4 aromatic rings. The fourth-order valence-electron chi connectivity index (χ4n) is 3.66. The molecular formula is C23H21FK29N5O4. The topological polar surface area (TPSA) is 112 Å². The molecule has 0 aliphatic rings. The Kier molecular flexibility index (Phi) is 259. The molecule has 0 saturated carbocycles. The number of rotatable bonds is 6. The number of hydrogen-bond donors (Lipinski definition) is 1. The average molecular weight is 1580 g/mol. The van der Waals surface area contributed by atoms with E-state index < -0.39 is 22.4 Å². The number of esters is 1. The van der Waals surface area contributed by atoms with Gasteiger partial charge in [0.1, 0.15) is 5.56 Å². The normalized spacial score (nSPS) is 7.61. The number of aryl methyl sites for hydroxylation is 2. The summed E-state index contributed by atoms with van der Waals surface area (Å²) < 4.78 is 20.9. The van der Waals surface area contributed by atoms with E-state index in [4.69, 9.17) is 4.74 Å². The van der Waals surface area contributed by atoms with Crippen molar-refractivity contribution in [3.8, 4) is 11.3 Å². The zero-order valence-corrected chi connectivity index (χ0v) is 138. The van der Waals surface area contributed by atoms with Gasteiger partial charge in [-0.1, -0.05) is 18.2 Å². The van der Waals surface area contributed by atoms with Crippen LogP contribution < -0.4 is 56.7 Å². The van der Waals surface area contributed by atoms with Crippen LogP contribution in [0.2, 0.25) is 0 Å². The number of aromatic nitrogens is 3. The molecule has 0 unspecified atom stereocenters. The van der Waals surface area contributed by atoms with Crippen LogP contribution >= 0.6 is 0 Å². The van der Waals surface area contributed by atoms with Gasteiger partial charge in [0.25, 0.3) is 0 Å². The molecule has 4 rings (SSSR count). The fourth-order valence-corrected chi connectivity index (χ4v) is 3.66. The number of halogens is 1. The zero-order valence-electron chi connectivity index (χ0n) is 48.1. The number of benzene rings is 2. The van der Waals surface area contributed by atoms with Crippen LogP contribution in [0.5, 0.6) is 0 Å². The number of nitro groups is 1. The Morgan fingerprint density at radius 3 is 1.53 bits per heavy atom. The van der Waals surface area contributed by atoms with Gasteiger partial charge >= 0.3 is 947 Å². The van der Waals surface area contributed by atoms with E-state index in [1.807, 2.05) is 42.0 Å². The van der Waals surface area contributed by atoms with E-state index in [0.717, 1.165) is 23.0 Å². The Hall–Kier alpha value is 43.1. The standard InChI is InChI=1S/C23H20FN5O4.29K.H/c1-4-28-12-16(14-7-5-6-8-19(14)28)21-15(22(30)33-3)11-25-23(27-21)26-18-10-20(29(31)32)17(24)9-13(18)2;;;;;;;;;;;;;;;;;;;;;;;;;;;;;;/h5-12H,4H2,1-3H3,(H,25,26,27);;;;;;;;;;;;;;;;;;;;;;;;;;;;;;/q;;;;;;;;;;;;;;;;;;;;;;;;;;;;;+1;-1. The van der Waals surface area contributed by atoms with Gasteiger partial charge in [0, 0.05) is 41.5 Å². The van der Waals surface area contributed by atoms with Crippen molar-refractivity contribution < 1.29 is 71.7 Å². The average Bonchev–Trinajstić information content (AvgIpc) is 3.77. The van der Waals surface area contributed by atoms with Crippen molar-refractivity contribution in [3.63, 3.8) is 0 Å². The summed E-state index contributed by atoms with van der Waals surface area (Å²) in [7, 11) is 1.27. The van der Waals surface area contributed by atoms with Gasteiger partial charge in [-0.3, -0.25) is 10.1 Å². The molecule has 198 valence electrons. The third-order valence-electron chi connectivity index (χ3n) is 5.32. The van der Waals surface area contributed by atoms with Crippen LogP contribution in [0.25, 0.3) is 22.2 Å². The second-order valence-electron chi connectivity index (χ2n) is 7.29. The Morgan fingerprint density at radius 2 is 1.16 bits per heavy atom. The third kappa shape index (κ3) is 81.1. The number of nitrogens with zero attached hydrogens (tertiary/aromatic N) is 4. The number of para-hydroxylation sites is 1. The van der Waals surface area contributed by atoms with Crippen molar-refractivity contribution in [2.75, 3.05) is 12.4 Å². The first-order valence-corrected chi connectivity index (χ1v) is 248. The molecule has 0 radical (unpaired) electrons. The number of nitrogens with one attached hydrogen (secondary N) is 1. The number of anilines is 2. The Balaban J connectivity index is -0.0000000650. The molecule has 0 fully saturated rings. The number of carbonyl (C=O) groups excluding carboxylic acids is 1. The first kappa shape index (κ1) is 131. The molecule has 9 nitrogen and oxygen atoms in total. The van der Waals surface area contributed by atoms with E-state index in [0.29, 0.717) is 23.4 Å². The summed E-state index contributed by atoms with van der Waals surface area (Å²) in [5, 5.41) is 14.9. The van der Waals surface area contributed by atoms with E-state index in [-0.39, 0.29) is 70.0 Å². The summed E-state index contributed by atoms with van der Waals surface area (Å²) in [6, 6.07) is 9.88. The molecule has 0 aliphatic heterocycles. The van der Waals surface area contributed by atoms with E-state index in [2.05, 4.69) is 15.3 Å². The summed E-state index contributed by atoms with van der Waals surface area (Å²) in [5.41, 5.74) is 2.24. The van der Waals surface area contributed by atoms with Crippen LogP contribution in [0.1, 0.15) is 24.3 Å². The minimum absolute atomic E-state index is 0. The van der Waals surface area contributed by atoms with Gasteiger partial charge in [0.15, 0.2) is 0 Å². The summed E-state index contributed by atoms with van der Waals surface area (Å²) in [6.07, 6.45) is 3.24. The molecule has 2 aromatic carbocycles. The molecule has 1 N–H and O–H groups in total. The van der Waals surface area contributed by atoms with E-state index in [1.54, 1.807) is 6.92 Å². The zero-order chi connectivity index (χ0) is 51.7. The summed E-state index contributed by atoms with van der Waals surface area (Å²) in [4.78, 5) is 31.5. The molecule has 2 heterocycles. The van der Waals surface area contributed by atoms with Gasteiger partial charge in [0.2, 0.25) is 11.8 Å². The van der Waals surface area contributed by atoms with Gasteiger partial charge in [-0.05, 0) is 31.5 Å². The van der Waals surface area contributed by atoms with Crippen molar-refractivity contribution in [1.82, 2.24) is 14.5 Å². The molecule has 0 atom stereocenters. The predicted molar refractivity (Wildman–Crippen MR) is 283 cm³/mol. The quantitative estimate of drug-likeness (QED) is 0.0886. The Labute approximate surface area is 1050 Å². The second kappa shape index (κ2) is 122. The first-order chi connectivity index (χ1) is 29.8. The molecule has 0 bridgehead atoms. The van der Waals surface area contributed by atoms with Crippen LogP contribution in [0.15, 0.2) is 48.8 Å². The summed E-state index contributed by atoms with van der Waals surface area (Å²) in [6.45, 7) is 4.32. The fraction of sp³-hybridized carbons (Fsp3) is 0.174. The third-order valence-corrected chi connectivity index (χ3v) is 5.32. The van der Waals surface area contributed by atoms with Crippen molar-refractivity contribution in [1.29, 1.82) is 0 Å². The number of methoxy groups -OCH3 is 1. The Morgan fingerprint density at radius 1 is 0.758 bits per heavy atom. The molecule has 0 spiro atoms. The minimum atomic E-state index is -0.932. The molecule has 0 amide bonds. The number of ether oxygens (including phenoxy) is 1. The molecule has 0 aliphatic carbocycles. The molecule has 0 saturated heterocycles. The number of carbonyl (C=O) groups is 1. The van der Waals surface area contributed by atoms with Crippen LogP contribution in [-0.2, 0) is 11.3 Å². The van der Waals surface area contributed by atoms with Gasteiger partial charge in [-0.2, -0.15) is 4.39 Å². The van der Waals surface area contributed by atoms with Gasteiger partial charge in [-0.15, -0.1) is 0 Å². The van der Waals surface area contributed by atoms with Gasteiger partial charge in [0.05, 0.1) is 23.4 Å². The summed E-state index contributed by atoms with van der Waals surface area (Å²) in [5.74, 6) is -1.44. The maximum atomic E-state index is 13.9. The predicted octanol–water partition coefficient (Wildman–Crippen LogP) is -8.54. The Bertz CT molecular complexity index is 1470. The van der Waals surface area contributed by atoms with E-state index in [9.17, 15) is 19.3 Å². The van der Waals surface area contributed by atoms with Crippen molar-refractivity contribution in [2.24, 2.45) is 0 Å². The molecular weight excluding hydrogens is 1560 g/mol. The van der Waals surface area contributed by atoms with Crippen molar-refractivity contribution >= 4 is 918 Å². The van der Waals surface area contributed by atoms with Crippen molar-refractivity contribution in [3.05, 3.63) is 75.9 Å². The van der Waals surface area contributed by atoms with E-state index in [1.165, 1.54) is 897 Å². The SMILES string of the molecule is CCn1cc(-c2nc(Nc3cc([N+](=O)[O-])c(F)cc3C)ncc2C(=O)OC)c2ccccc21.[H-].[K+].[K][K].[K][K].[K][K].[K][K].[K][K].[K][K].[K][K].[K][K].[K][K].[K][K].[K][K].[K][K].[K][K].[K][K]. The van der Waals surface area contributed by atoms with Crippen LogP contribution in [0, 0.1) is 22.9 Å².